The van der Waals surface area contributed by atoms with E-state index >= 15 is 0 Å². The topological polar surface area (TPSA) is 15.3 Å². The number of halogens is 1. The summed E-state index contributed by atoms with van der Waals surface area (Å²) in [5, 5.41) is 4.51. The highest BCUT2D eigenvalue weighted by atomic mass is 35.5. The molecule has 0 heterocycles. The second kappa shape index (κ2) is 5.72. The van der Waals surface area contributed by atoms with Crippen LogP contribution in [-0.2, 0) is 6.54 Å². The molecule has 19 heavy (non-hydrogen) atoms. The number of hydrogen-bond acceptors (Lipinski definition) is 2. The van der Waals surface area contributed by atoms with Crippen molar-refractivity contribution in [2.75, 3.05) is 11.4 Å². The van der Waals surface area contributed by atoms with E-state index < -0.39 is 0 Å². The van der Waals surface area contributed by atoms with Gasteiger partial charge in [-0.05, 0) is 44.2 Å². The van der Waals surface area contributed by atoms with Gasteiger partial charge in [0.15, 0.2) is 0 Å². The third kappa shape index (κ3) is 3.24. The summed E-state index contributed by atoms with van der Waals surface area (Å²) in [6.45, 7) is 4.30. The molecular formula is C16H23ClN2. The van der Waals surface area contributed by atoms with Crippen LogP contribution in [0, 0.1) is 0 Å². The number of anilines is 1. The van der Waals surface area contributed by atoms with Gasteiger partial charge in [-0.3, -0.25) is 0 Å². The maximum Gasteiger partial charge on any atom is 0.0471 e. The Labute approximate surface area is 121 Å². The molecule has 0 unspecified atom stereocenters. The standard InChI is InChI=1S/C16H23ClN2/c1-2-10-19(13-8-9-13)16-5-3-4-15(17)14(16)11-18-12-6-7-12/h3-5,12-13,18H,2,6-11H2,1H3. The molecule has 0 atom stereocenters. The van der Waals surface area contributed by atoms with Gasteiger partial charge in [-0.1, -0.05) is 24.6 Å². The molecule has 2 saturated carbocycles. The van der Waals surface area contributed by atoms with Crippen LogP contribution in [0.15, 0.2) is 18.2 Å². The van der Waals surface area contributed by atoms with Gasteiger partial charge >= 0.3 is 0 Å². The third-order valence-electron chi connectivity index (χ3n) is 4.00. The Bertz CT molecular complexity index is 438. The molecule has 0 bridgehead atoms. The molecule has 2 aliphatic carbocycles. The molecule has 0 aliphatic heterocycles. The van der Waals surface area contributed by atoms with Crippen LogP contribution in [0.4, 0.5) is 5.69 Å². The molecule has 1 aromatic carbocycles. The van der Waals surface area contributed by atoms with Crippen molar-refractivity contribution in [1.82, 2.24) is 5.32 Å². The maximum absolute atomic E-state index is 6.44. The van der Waals surface area contributed by atoms with Crippen molar-refractivity contribution in [2.45, 2.75) is 57.7 Å². The zero-order chi connectivity index (χ0) is 13.2. The van der Waals surface area contributed by atoms with Crippen LogP contribution < -0.4 is 10.2 Å². The Morgan fingerprint density at radius 2 is 2.05 bits per heavy atom. The Kier molecular flexibility index (Phi) is 3.99. The molecule has 1 aromatic rings. The van der Waals surface area contributed by atoms with E-state index in [4.69, 9.17) is 11.6 Å². The molecule has 2 aliphatic rings. The molecule has 2 fully saturated rings. The van der Waals surface area contributed by atoms with E-state index in [0.29, 0.717) is 0 Å². The summed E-state index contributed by atoms with van der Waals surface area (Å²) in [5.74, 6) is 0. The lowest BCUT2D eigenvalue weighted by Gasteiger charge is -2.27. The van der Waals surface area contributed by atoms with Crippen LogP contribution in [0.25, 0.3) is 0 Å². The Morgan fingerprint density at radius 1 is 1.26 bits per heavy atom. The Balaban J connectivity index is 1.82. The molecule has 1 N–H and O–H groups in total. The van der Waals surface area contributed by atoms with Crippen molar-refractivity contribution in [3.8, 4) is 0 Å². The Morgan fingerprint density at radius 3 is 2.68 bits per heavy atom. The van der Waals surface area contributed by atoms with E-state index in [2.05, 4.69) is 29.3 Å². The quantitative estimate of drug-likeness (QED) is 0.812. The predicted octanol–water partition coefficient (Wildman–Crippen LogP) is 3.97. The van der Waals surface area contributed by atoms with Crippen LogP contribution in [0.2, 0.25) is 5.02 Å². The van der Waals surface area contributed by atoms with E-state index in [0.717, 1.165) is 30.2 Å². The molecule has 104 valence electrons. The summed E-state index contributed by atoms with van der Waals surface area (Å²) >= 11 is 6.44. The monoisotopic (exact) mass is 278 g/mol. The summed E-state index contributed by atoms with van der Waals surface area (Å²) in [6.07, 6.45) is 6.50. The van der Waals surface area contributed by atoms with Crippen LogP contribution >= 0.6 is 11.6 Å². The second-order valence-electron chi connectivity index (χ2n) is 5.82. The van der Waals surface area contributed by atoms with Gasteiger partial charge in [0.2, 0.25) is 0 Å². The molecule has 0 aromatic heterocycles. The van der Waals surface area contributed by atoms with E-state index in [9.17, 15) is 0 Å². The lowest BCUT2D eigenvalue weighted by molar-refractivity contribution is 0.680. The van der Waals surface area contributed by atoms with E-state index in [1.807, 2.05) is 6.07 Å². The van der Waals surface area contributed by atoms with Crippen LogP contribution in [0.1, 0.15) is 44.6 Å². The zero-order valence-electron chi connectivity index (χ0n) is 11.7. The zero-order valence-corrected chi connectivity index (χ0v) is 12.4. The number of hydrogen-bond donors (Lipinski definition) is 1. The average molecular weight is 279 g/mol. The van der Waals surface area contributed by atoms with Crippen molar-refractivity contribution in [3.05, 3.63) is 28.8 Å². The highest BCUT2D eigenvalue weighted by molar-refractivity contribution is 6.31. The first-order chi connectivity index (χ1) is 9.29. The third-order valence-corrected chi connectivity index (χ3v) is 4.35. The number of nitrogens with zero attached hydrogens (tertiary/aromatic N) is 1. The van der Waals surface area contributed by atoms with E-state index in [1.165, 1.54) is 43.4 Å². The molecule has 0 radical (unpaired) electrons. The van der Waals surface area contributed by atoms with Crippen molar-refractivity contribution >= 4 is 17.3 Å². The van der Waals surface area contributed by atoms with Crippen LogP contribution in [0.3, 0.4) is 0 Å². The first-order valence-electron chi connectivity index (χ1n) is 7.57. The van der Waals surface area contributed by atoms with Crippen molar-refractivity contribution in [3.63, 3.8) is 0 Å². The van der Waals surface area contributed by atoms with Gasteiger partial charge in [0.05, 0.1) is 0 Å². The predicted molar refractivity (Wildman–Crippen MR) is 82.0 cm³/mol. The highest BCUT2D eigenvalue weighted by Crippen LogP contribution is 2.36. The lowest BCUT2D eigenvalue weighted by atomic mass is 10.1. The molecule has 0 saturated heterocycles. The van der Waals surface area contributed by atoms with Gasteiger partial charge in [0, 0.05) is 41.4 Å². The van der Waals surface area contributed by atoms with Crippen LogP contribution in [-0.4, -0.2) is 18.6 Å². The molecular weight excluding hydrogens is 256 g/mol. The van der Waals surface area contributed by atoms with Gasteiger partial charge in [-0.2, -0.15) is 0 Å². The molecule has 0 spiro atoms. The summed E-state index contributed by atoms with van der Waals surface area (Å²) in [5.41, 5.74) is 2.64. The van der Waals surface area contributed by atoms with Gasteiger partial charge < -0.3 is 10.2 Å². The van der Waals surface area contributed by atoms with Gasteiger partial charge in [-0.15, -0.1) is 0 Å². The largest absolute Gasteiger partial charge is 0.368 e. The van der Waals surface area contributed by atoms with Crippen molar-refractivity contribution < 1.29 is 0 Å². The number of rotatable bonds is 7. The summed E-state index contributed by atoms with van der Waals surface area (Å²) in [7, 11) is 0. The molecule has 3 rings (SSSR count). The summed E-state index contributed by atoms with van der Waals surface area (Å²) in [4.78, 5) is 2.57. The highest BCUT2D eigenvalue weighted by Gasteiger charge is 2.30. The minimum Gasteiger partial charge on any atom is -0.368 e. The SMILES string of the molecule is CCCN(c1cccc(Cl)c1CNC1CC1)C1CC1. The maximum atomic E-state index is 6.44. The molecule has 3 heteroatoms. The average Bonchev–Trinajstić information content (AvgIpc) is 3.28. The normalized spacial score (nSPS) is 18.6. The van der Waals surface area contributed by atoms with Crippen molar-refractivity contribution in [2.24, 2.45) is 0 Å². The van der Waals surface area contributed by atoms with Gasteiger partial charge in [-0.25, -0.2) is 0 Å². The minimum absolute atomic E-state index is 0.727. The van der Waals surface area contributed by atoms with E-state index in [1.54, 1.807) is 0 Å². The minimum atomic E-state index is 0.727. The first-order valence-corrected chi connectivity index (χ1v) is 7.94. The Hall–Kier alpha value is -0.730. The van der Waals surface area contributed by atoms with Gasteiger partial charge in [0.25, 0.3) is 0 Å². The smallest absolute Gasteiger partial charge is 0.0471 e. The molecule has 2 nitrogen and oxygen atoms in total. The fourth-order valence-corrected chi connectivity index (χ4v) is 2.89. The lowest BCUT2D eigenvalue weighted by Crippen LogP contribution is -2.28. The second-order valence-corrected chi connectivity index (χ2v) is 6.22. The van der Waals surface area contributed by atoms with Crippen molar-refractivity contribution in [1.29, 1.82) is 0 Å². The van der Waals surface area contributed by atoms with E-state index in [-0.39, 0.29) is 0 Å². The summed E-state index contributed by atoms with van der Waals surface area (Å²) in [6, 6.07) is 7.82. The molecule has 0 amide bonds. The fourth-order valence-electron chi connectivity index (χ4n) is 2.65. The van der Waals surface area contributed by atoms with Crippen LogP contribution in [0.5, 0.6) is 0 Å². The summed E-state index contributed by atoms with van der Waals surface area (Å²) < 4.78 is 0. The van der Waals surface area contributed by atoms with Gasteiger partial charge in [0.1, 0.15) is 0 Å². The number of benzene rings is 1. The number of nitrogens with one attached hydrogen (secondary N) is 1. The first kappa shape index (κ1) is 13.3. The fraction of sp³-hybridized carbons (Fsp3) is 0.625.